The molecule has 0 saturated carbocycles. The summed E-state index contributed by atoms with van der Waals surface area (Å²) in [5.41, 5.74) is 4.45. The van der Waals surface area contributed by atoms with Crippen LogP contribution in [0.3, 0.4) is 0 Å². The van der Waals surface area contributed by atoms with Crippen LogP contribution in [0.5, 0.6) is 0 Å². The van der Waals surface area contributed by atoms with Crippen LogP contribution in [0.2, 0.25) is 0 Å². The van der Waals surface area contributed by atoms with Crippen LogP contribution in [0.25, 0.3) is 0 Å². The molecule has 0 radical (unpaired) electrons. The van der Waals surface area contributed by atoms with Crippen LogP contribution in [0.4, 0.5) is 0 Å². The molecular weight excluding hydrogens is 334 g/mol. The maximum Gasteiger partial charge on any atom is 0.256 e. The van der Waals surface area contributed by atoms with E-state index in [1.165, 1.54) is 37.1 Å². The second kappa shape index (κ2) is 6.45. The highest BCUT2D eigenvalue weighted by Gasteiger charge is 2.54. The predicted molar refractivity (Wildman–Crippen MR) is 106 cm³/mol. The molecule has 2 bridgehead atoms. The molecule has 140 valence electrons. The number of aryl methyl sites for hydroxylation is 2. The Hall–Kier alpha value is -2.20. The fourth-order valence-corrected chi connectivity index (χ4v) is 5.60. The van der Waals surface area contributed by atoms with Crippen molar-refractivity contribution in [3.63, 3.8) is 0 Å². The highest BCUT2D eigenvalue weighted by molar-refractivity contribution is 5.96. The Morgan fingerprint density at radius 3 is 2.48 bits per heavy atom. The van der Waals surface area contributed by atoms with Gasteiger partial charge < -0.3 is 4.90 Å². The van der Waals surface area contributed by atoms with E-state index < -0.39 is 0 Å². The van der Waals surface area contributed by atoms with E-state index in [1.807, 2.05) is 13.0 Å². The molecule has 4 nitrogen and oxygen atoms in total. The van der Waals surface area contributed by atoms with Crippen molar-refractivity contribution in [1.29, 1.82) is 0 Å². The lowest BCUT2D eigenvalue weighted by Gasteiger charge is -2.51. The molecule has 2 aromatic rings. The number of aromatic nitrogens is 1. The molecule has 4 heteroatoms. The number of piperidine rings is 3. The number of hydrogen-bond acceptors (Lipinski definition) is 3. The van der Waals surface area contributed by atoms with E-state index in [9.17, 15) is 4.79 Å². The number of fused-ring (bicyclic) bond motifs is 2. The highest BCUT2D eigenvalue weighted by atomic mass is 16.2. The van der Waals surface area contributed by atoms with Crippen molar-refractivity contribution in [1.82, 2.24) is 14.8 Å². The normalized spacial score (nSPS) is 31.8. The van der Waals surface area contributed by atoms with Crippen LogP contribution < -0.4 is 0 Å². The van der Waals surface area contributed by atoms with Gasteiger partial charge in [0, 0.05) is 30.9 Å². The fourth-order valence-electron chi connectivity index (χ4n) is 5.60. The summed E-state index contributed by atoms with van der Waals surface area (Å²) in [6, 6.07) is 11.7. The standard InChI is InChI=1S/C23H27N3O/c1-15-3-5-17(6-4-15)20-14-26(23(27)19-13-24-10-7-16(19)2)21-18-8-11-25(12-9-18)22(20)21/h3-7,10,13,18,20-22H,8-9,11-12,14H2,1-2H3/t20-,21-,22-/m0/s1. The molecule has 0 unspecified atom stereocenters. The third-order valence-electron chi connectivity index (χ3n) is 7.03. The third-order valence-corrected chi connectivity index (χ3v) is 7.03. The molecule has 4 aliphatic rings. The van der Waals surface area contributed by atoms with Crippen LogP contribution in [0.15, 0.2) is 42.7 Å². The summed E-state index contributed by atoms with van der Waals surface area (Å²) in [6.45, 7) is 7.33. The predicted octanol–water partition coefficient (Wildman–Crippen LogP) is 3.40. The van der Waals surface area contributed by atoms with Gasteiger partial charge in [0.25, 0.3) is 5.91 Å². The molecule has 4 fully saturated rings. The quantitative estimate of drug-likeness (QED) is 0.823. The Balaban J connectivity index is 1.53. The minimum atomic E-state index is 0.166. The average molecular weight is 361 g/mol. The smallest absolute Gasteiger partial charge is 0.256 e. The molecule has 0 N–H and O–H groups in total. The Kier molecular flexibility index (Phi) is 4.05. The van der Waals surface area contributed by atoms with Crippen LogP contribution in [0.1, 0.15) is 45.8 Å². The van der Waals surface area contributed by atoms with Gasteiger partial charge in [-0.25, -0.2) is 0 Å². The zero-order chi connectivity index (χ0) is 18.5. The van der Waals surface area contributed by atoms with Crippen LogP contribution in [-0.4, -0.2) is 52.4 Å². The summed E-state index contributed by atoms with van der Waals surface area (Å²) >= 11 is 0. The molecule has 27 heavy (non-hydrogen) atoms. The van der Waals surface area contributed by atoms with Crippen LogP contribution >= 0.6 is 0 Å². The van der Waals surface area contributed by atoms with E-state index in [0.29, 0.717) is 23.9 Å². The second-order valence-electron chi connectivity index (χ2n) is 8.52. The van der Waals surface area contributed by atoms with Crippen molar-refractivity contribution < 1.29 is 4.79 Å². The van der Waals surface area contributed by atoms with Gasteiger partial charge in [-0.2, -0.15) is 0 Å². The number of benzene rings is 1. The van der Waals surface area contributed by atoms with E-state index in [2.05, 4.69) is 46.0 Å². The molecule has 1 amide bonds. The van der Waals surface area contributed by atoms with Gasteiger partial charge in [0.15, 0.2) is 0 Å². The molecule has 0 spiro atoms. The maximum absolute atomic E-state index is 13.5. The summed E-state index contributed by atoms with van der Waals surface area (Å²) in [4.78, 5) is 22.6. The molecule has 0 aliphatic carbocycles. The first kappa shape index (κ1) is 16.9. The van der Waals surface area contributed by atoms with Crippen LogP contribution in [-0.2, 0) is 0 Å². The first-order valence-electron chi connectivity index (χ1n) is 10.2. The maximum atomic E-state index is 13.5. The van der Waals surface area contributed by atoms with Crippen molar-refractivity contribution in [2.45, 2.75) is 44.7 Å². The van der Waals surface area contributed by atoms with Gasteiger partial charge in [-0.05, 0) is 62.9 Å². The number of likely N-dealkylation sites (tertiary alicyclic amines) is 1. The number of rotatable bonds is 2. The molecule has 4 aliphatic heterocycles. The number of amides is 1. The van der Waals surface area contributed by atoms with Gasteiger partial charge in [-0.3, -0.25) is 14.7 Å². The second-order valence-corrected chi connectivity index (χ2v) is 8.52. The van der Waals surface area contributed by atoms with Gasteiger partial charge in [-0.1, -0.05) is 29.8 Å². The van der Waals surface area contributed by atoms with Gasteiger partial charge in [0.2, 0.25) is 0 Å². The Morgan fingerprint density at radius 1 is 1.04 bits per heavy atom. The minimum absolute atomic E-state index is 0.166. The average Bonchev–Trinajstić information content (AvgIpc) is 3.12. The molecule has 1 aromatic carbocycles. The number of carbonyl (C=O) groups is 1. The Labute approximate surface area is 161 Å². The van der Waals surface area contributed by atoms with E-state index in [1.54, 1.807) is 12.4 Å². The van der Waals surface area contributed by atoms with Crippen molar-refractivity contribution in [3.05, 3.63) is 65.0 Å². The fraction of sp³-hybridized carbons (Fsp3) is 0.478. The van der Waals surface area contributed by atoms with Gasteiger partial charge in [0.1, 0.15) is 0 Å². The van der Waals surface area contributed by atoms with E-state index in [0.717, 1.165) is 17.7 Å². The lowest BCUT2D eigenvalue weighted by Crippen LogP contribution is -2.60. The minimum Gasteiger partial charge on any atom is -0.333 e. The summed E-state index contributed by atoms with van der Waals surface area (Å²) in [7, 11) is 0. The topological polar surface area (TPSA) is 36.4 Å². The summed E-state index contributed by atoms with van der Waals surface area (Å²) in [6.07, 6.45) is 5.95. The van der Waals surface area contributed by atoms with Gasteiger partial charge in [0.05, 0.1) is 11.6 Å². The number of nitrogens with zero attached hydrogens (tertiary/aromatic N) is 3. The van der Waals surface area contributed by atoms with Gasteiger partial charge in [-0.15, -0.1) is 0 Å². The van der Waals surface area contributed by atoms with E-state index in [-0.39, 0.29) is 5.91 Å². The van der Waals surface area contributed by atoms with Crippen molar-refractivity contribution in [2.75, 3.05) is 19.6 Å². The summed E-state index contributed by atoms with van der Waals surface area (Å²) < 4.78 is 0. The monoisotopic (exact) mass is 361 g/mol. The molecule has 6 rings (SSSR count). The Bertz CT molecular complexity index is 854. The Morgan fingerprint density at radius 2 is 1.78 bits per heavy atom. The molecule has 4 saturated heterocycles. The lowest BCUT2D eigenvalue weighted by atomic mass is 9.75. The lowest BCUT2D eigenvalue weighted by molar-refractivity contribution is -0.00344. The SMILES string of the molecule is Cc1ccc([C@@H]2CN(C(=O)c3cnccc3C)[C@H]3C4CCN(CC4)[C@@H]23)cc1. The first-order valence-corrected chi connectivity index (χ1v) is 10.2. The van der Waals surface area contributed by atoms with Crippen LogP contribution in [0, 0.1) is 19.8 Å². The molecule has 5 heterocycles. The largest absolute Gasteiger partial charge is 0.333 e. The molecule has 1 aromatic heterocycles. The van der Waals surface area contributed by atoms with Crippen molar-refractivity contribution >= 4 is 5.91 Å². The summed E-state index contributed by atoms with van der Waals surface area (Å²) in [5, 5.41) is 0. The molecule has 3 atom stereocenters. The van der Waals surface area contributed by atoms with Gasteiger partial charge >= 0.3 is 0 Å². The van der Waals surface area contributed by atoms with E-state index in [4.69, 9.17) is 0 Å². The highest BCUT2D eigenvalue weighted by Crippen LogP contribution is 2.47. The number of pyridine rings is 1. The van der Waals surface area contributed by atoms with E-state index >= 15 is 0 Å². The summed E-state index contributed by atoms with van der Waals surface area (Å²) in [5.74, 6) is 1.20. The zero-order valence-corrected chi connectivity index (χ0v) is 16.1. The van der Waals surface area contributed by atoms with Crippen molar-refractivity contribution in [2.24, 2.45) is 5.92 Å². The number of carbonyl (C=O) groups excluding carboxylic acids is 1. The molecular formula is C23H27N3O. The third kappa shape index (κ3) is 2.69. The first-order chi connectivity index (χ1) is 13.1. The number of hydrogen-bond donors (Lipinski definition) is 0. The zero-order valence-electron chi connectivity index (χ0n) is 16.1. The van der Waals surface area contributed by atoms with Crippen molar-refractivity contribution in [3.8, 4) is 0 Å².